The van der Waals surface area contributed by atoms with Gasteiger partial charge in [0.25, 0.3) is 0 Å². The third-order valence-electron chi connectivity index (χ3n) is 9.34. The Balaban J connectivity index is 1.54. The maximum absolute atomic E-state index is 14.0. The van der Waals surface area contributed by atoms with Crippen molar-refractivity contribution in [3.63, 3.8) is 0 Å². The number of amides is 4. The molecule has 54 heavy (non-hydrogen) atoms. The highest BCUT2D eigenvalue weighted by atomic mass is 16.3. The summed E-state index contributed by atoms with van der Waals surface area (Å²) in [6.45, 7) is 7.40. The fraction of sp³-hybridized carbons (Fsp3) is 0.395. The second-order valence-electron chi connectivity index (χ2n) is 14.4. The normalized spacial score (nSPS) is 14.0. The van der Waals surface area contributed by atoms with E-state index in [9.17, 15) is 24.3 Å². The lowest BCUT2D eigenvalue weighted by Crippen LogP contribution is -2.61. The van der Waals surface area contributed by atoms with Crippen LogP contribution in [0.15, 0.2) is 110 Å². The summed E-state index contributed by atoms with van der Waals surface area (Å²) in [7, 11) is 0. The molecule has 0 saturated carbocycles. The lowest BCUT2D eigenvalue weighted by atomic mass is 9.91. The first-order chi connectivity index (χ1) is 26.0. The fourth-order valence-electron chi connectivity index (χ4n) is 6.24. The number of carbonyl (C=O) groups excluding carboxylic acids is 4. The van der Waals surface area contributed by atoms with E-state index in [1.807, 2.05) is 113 Å². The van der Waals surface area contributed by atoms with Crippen LogP contribution in [0, 0.1) is 11.8 Å². The maximum Gasteiger partial charge on any atom is 0.243 e. The van der Waals surface area contributed by atoms with E-state index in [-0.39, 0.29) is 49.3 Å². The molecule has 0 fully saturated rings. The Bertz CT molecular complexity index is 1610. The van der Waals surface area contributed by atoms with Crippen molar-refractivity contribution in [2.45, 2.75) is 96.5 Å². The van der Waals surface area contributed by atoms with E-state index in [4.69, 9.17) is 0 Å². The number of nitrogens with zero attached hydrogens (tertiary/aromatic N) is 2. The van der Waals surface area contributed by atoms with Crippen molar-refractivity contribution in [2.24, 2.45) is 11.8 Å². The van der Waals surface area contributed by atoms with E-state index in [2.05, 4.69) is 31.2 Å². The Labute approximate surface area is 318 Å². The van der Waals surface area contributed by atoms with Crippen molar-refractivity contribution in [1.82, 2.24) is 31.2 Å². The number of hydrogen-bond donors (Lipinski definition) is 5. The minimum absolute atomic E-state index is 0.181. The average Bonchev–Trinajstić information content (AvgIpc) is 3.17. The standard InChI is InChI=1S/C43H54N6O5/c1-29(2)39(48-37(50)21-19-33-17-11-23-44-27-33)42(53)46-35(25-31-13-7-5-8-14-31)41(52)36(26-32-15-9-6-10-16-32)47-43(54)40(30(3)4)49-38(51)22-20-34-18-12-24-45-28-34/h5-18,23-24,27-30,35-36,39-41,52H,19-22,25-26H2,1-4H3,(H,46,53)(H,47,54)(H,48,50)(H,49,51)/t35?,36?,39-,40-,41?/m0/s1. The molecule has 11 nitrogen and oxygen atoms in total. The van der Waals surface area contributed by atoms with Crippen LogP contribution in [0.25, 0.3) is 0 Å². The number of aliphatic hydroxyl groups is 1. The largest absolute Gasteiger partial charge is 0.389 e. The van der Waals surface area contributed by atoms with Crippen molar-refractivity contribution >= 4 is 23.6 Å². The van der Waals surface area contributed by atoms with Crippen LogP contribution in [0.3, 0.4) is 0 Å². The number of aliphatic hydroxyl groups excluding tert-OH is 1. The van der Waals surface area contributed by atoms with Crippen molar-refractivity contribution in [3.05, 3.63) is 132 Å². The van der Waals surface area contributed by atoms with Crippen LogP contribution < -0.4 is 21.3 Å². The Hall–Kier alpha value is -5.42. The molecule has 2 heterocycles. The van der Waals surface area contributed by atoms with Crippen molar-refractivity contribution in [3.8, 4) is 0 Å². The van der Waals surface area contributed by atoms with Crippen LogP contribution in [0.2, 0.25) is 0 Å². The van der Waals surface area contributed by atoms with Gasteiger partial charge in [-0.2, -0.15) is 0 Å². The van der Waals surface area contributed by atoms with E-state index in [1.165, 1.54) is 0 Å². The predicted molar refractivity (Wildman–Crippen MR) is 209 cm³/mol. The number of aryl methyl sites for hydroxylation is 2. The molecular weight excluding hydrogens is 681 g/mol. The van der Waals surface area contributed by atoms with Crippen molar-refractivity contribution < 1.29 is 24.3 Å². The molecule has 5 N–H and O–H groups in total. The van der Waals surface area contributed by atoms with Gasteiger partial charge in [0.15, 0.2) is 0 Å². The van der Waals surface area contributed by atoms with Gasteiger partial charge in [0.2, 0.25) is 23.6 Å². The zero-order valence-corrected chi connectivity index (χ0v) is 31.7. The van der Waals surface area contributed by atoms with Crippen molar-refractivity contribution in [2.75, 3.05) is 0 Å². The molecule has 2 aromatic carbocycles. The van der Waals surface area contributed by atoms with Gasteiger partial charge in [-0.1, -0.05) is 100 Å². The van der Waals surface area contributed by atoms with E-state index < -0.39 is 42.1 Å². The van der Waals surface area contributed by atoms with E-state index in [1.54, 1.807) is 24.8 Å². The molecule has 4 atom stereocenters. The molecule has 0 aliphatic heterocycles. The van der Waals surface area contributed by atoms with E-state index in [0.29, 0.717) is 12.8 Å². The average molecular weight is 735 g/mol. The van der Waals surface area contributed by atoms with Crippen LogP contribution in [-0.4, -0.2) is 69.0 Å². The summed E-state index contributed by atoms with van der Waals surface area (Å²) in [5.41, 5.74) is 3.57. The quantitative estimate of drug-likeness (QED) is 0.0912. The van der Waals surface area contributed by atoms with Crippen LogP contribution in [-0.2, 0) is 44.9 Å². The topological polar surface area (TPSA) is 162 Å². The lowest BCUT2D eigenvalue weighted by molar-refractivity contribution is -0.132. The molecule has 4 rings (SSSR count). The highest BCUT2D eigenvalue weighted by Crippen LogP contribution is 2.16. The second-order valence-corrected chi connectivity index (χ2v) is 14.4. The maximum atomic E-state index is 14.0. The molecule has 0 radical (unpaired) electrons. The minimum atomic E-state index is -1.26. The van der Waals surface area contributed by atoms with Gasteiger partial charge in [0.05, 0.1) is 18.2 Å². The molecule has 2 aromatic heterocycles. The molecule has 4 amide bonds. The van der Waals surface area contributed by atoms with Gasteiger partial charge in [-0.25, -0.2) is 0 Å². The van der Waals surface area contributed by atoms with Gasteiger partial charge < -0.3 is 26.4 Å². The molecule has 4 aromatic rings. The second kappa shape index (κ2) is 21.3. The molecular formula is C43H54N6O5. The molecule has 0 aliphatic rings. The monoisotopic (exact) mass is 734 g/mol. The molecule has 11 heteroatoms. The summed E-state index contributed by atoms with van der Waals surface area (Å²) >= 11 is 0. The number of hydrogen-bond acceptors (Lipinski definition) is 7. The van der Waals surface area contributed by atoms with Gasteiger partial charge >= 0.3 is 0 Å². The van der Waals surface area contributed by atoms with Gasteiger partial charge in [0.1, 0.15) is 12.1 Å². The smallest absolute Gasteiger partial charge is 0.243 e. The Morgan fingerprint density at radius 2 is 0.907 bits per heavy atom. The summed E-state index contributed by atoms with van der Waals surface area (Å²) in [5, 5.41) is 24.1. The number of benzene rings is 2. The molecule has 286 valence electrons. The van der Waals surface area contributed by atoms with Gasteiger partial charge in [-0.15, -0.1) is 0 Å². The van der Waals surface area contributed by atoms with Crippen LogP contribution >= 0.6 is 0 Å². The third kappa shape index (κ3) is 13.5. The molecule has 2 unspecified atom stereocenters. The number of rotatable bonds is 20. The van der Waals surface area contributed by atoms with Crippen LogP contribution in [0.1, 0.15) is 62.8 Å². The zero-order valence-electron chi connectivity index (χ0n) is 31.7. The van der Waals surface area contributed by atoms with Gasteiger partial charge in [-0.3, -0.25) is 29.1 Å². The Morgan fingerprint density at radius 3 is 1.24 bits per heavy atom. The first-order valence-electron chi connectivity index (χ1n) is 18.7. The SMILES string of the molecule is CC(C)[C@H](NC(=O)CCc1cccnc1)C(=O)NC(Cc1ccccc1)C(O)C(Cc1ccccc1)NC(=O)[C@@H](NC(=O)CCc1cccnc1)C(C)C. The first-order valence-corrected chi connectivity index (χ1v) is 18.7. The van der Waals surface area contributed by atoms with E-state index >= 15 is 0 Å². The number of aromatic nitrogens is 2. The lowest BCUT2D eigenvalue weighted by Gasteiger charge is -2.34. The Kier molecular flexibility index (Phi) is 16.3. The van der Waals surface area contributed by atoms with Crippen LogP contribution in [0.5, 0.6) is 0 Å². The van der Waals surface area contributed by atoms with E-state index in [0.717, 1.165) is 22.3 Å². The molecule has 0 bridgehead atoms. The Morgan fingerprint density at radius 1 is 0.537 bits per heavy atom. The number of nitrogens with one attached hydrogen (secondary N) is 4. The fourth-order valence-corrected chi connectivity index (χ4v) is 6.24. The molecule has 0 aliphatic carbocycles. The minimum Gasteiger partial charge on any atom is -0.389 e. The summed E-state index contributed by atoms with van der Waals surface area (Å²) in [6.07, 6.45) is 7.33. The number of pyridine rings is 2. The first kappa shape index (κ1) is 41.3. The highest BCUT2D eigenvalue weighted by molar-refractivity contribution is 5.89. The number of carbonyl (C=O) groups is 4. The molecule has 0 spiro atoms. The summed E-state index contributed by atoms with van der Waals surface area (Å²) in [6, 6.07) is 22.9. The van der Waals surface area contributed by atoms with Gasteiger partial charge in [0, 0.05) is 37.6 Å². The van der Waals surface area contributed by atoms with Crippen LogP contribution in [0.4, 0.5) is 0 Å². The third-order valence-corrected chi connectivity index (χ3v) is 9.34. The highest BCUT2D eigenvalue weighted by Gasteiger charge is 2.35. The molecule has 0 saturated heterocycles. The van der Waals surface area contributed by atoms with Crippen molar-refractivity contribution in [1.29, 1.82) is 0 Å². The van der Waals surface area contributed by atoms with Gasteiger partial charge in [-0.05, 0) is 71.9 Å². The predicted octanol–water partition coefficient (Wildman–Crippen LogP) is 4.14. The summed E-state index contributed by atoms with van der Waals surface area (Å²) in [5.74, 6) is -1.94. The zero-order chi connectivity index (χ0) is 38.9. The summed E-state index contributed by atoms with van der Waals surface area (Å²) < 4.78 is 0. The summed E-state index contributed by atoms with van der Waals surface area (Å²) in [4.78, 5) is 62.3.